The molecule has 0 bridgehead atoms. The Bertz CT molecular complexity index is 234. The quantitative estimate of drug-likeness (QED) is 0.642. The fraction of sp³-hybridized carbons (Fsp3) is 1.00. The van der Waals surface area contributed by atoms with E-state index in [4.69, 9.17) is 0 Å². The van der Waals surface area contributed by atoms with Crippen LogP contribution in [-0.4, -0.2) is 36.6 Å². The van der Waals surface area contributed by atoms with Crippen LogP contribution >= 0.6 is 0 Å². The summed E-state index contributed by atoms with van der Waals surface area (Å²) in [7, 11) is 0. The fourth-order valence-corrected chi connectivity index (χ4v) is 3.36. The number of hydrogen-bond acceptors (Lipinski definition) is 2. The summed E-state index contributed by atoms with van der Waals surface area (Å²) in [6.07, 6.45) is 8.36. The summed E-state index contributed by atoms with van der Waals surface area (Å²) in [5.74, 6) is 1.60. The van der Waals surface area contributed by atoms with Crippen LogP contribution in [0.25, 0.3) is 0 Å². The van der Waals surface area contributed by atoms with Crippen LogP contribution in [0.15, 0.2) is 0 Å². The minimum atomic E-state index is 0.665. The average Bonchev–Trinajstić information content (AvgIpc) is 2.95. The number of rotatable bonds is 10. The van der Waals surface area contributed by atoms with Gasteiger partial charge in [-0.15, -0.1) is 0 Å². The Kier molecular flexibility index (Phi) is 8.79. The molecule has 20 heavy (non-hydrogen) atoms. The monoisotopic (exact) mass is 282 g/mol. The highest BCUT2D eigenvalue weighted by molar-refractivity contribution is 4.83. The lowest BCUT2D eigenvalue weighted by Crippen LogP contribution is -2.48. The van der Waals surface area contributed by atoms with E-state index < -0.39 is 0 Å². The van der Waals surface area contributed by atoms with Gasteiger partial charge in [0, 0.05) is 18.6 Å². The minimum Gasteiger partial charge on any atom is -0.313 e. The van der Waals surface area contributed by atoms with Crippen LogP contribution < -0.4 is 5.32 Å². The van der Waals surface area contributed by atoms with Gasteiger partial charge in [0.15, 0.2) is 0 Å². The third kappa shape index (κ3) is 6.13. The van der Waals surface area contributed by atoms with E-state index in [1.165, 1.54) is 51.6 Å². The van der Waals surface area contributed by atoms with Gasteiger partial charge in [0.2, 0.25) is 0 Å². The van der Waals surface area contributed by atoms with Crippen molar-refractivity contribution in [2.24, 2.45) is 11.8 Å². The second-order valence-corrected chi connectivity index (χ2v) is 7.17. The highest BCUT2D eigenvalue weighted by atomic mass is 15.2. The zero-order valence-electron chi connectivity index (χ0n) is 14.6. The van der Waals surface area contributed by atoms with Crippen LogP contribution in [0.4, 0.5) is 0 Å². The minimum absolute atomic E-state index is 0.665. The van der Waals surface area contributed by atoms with Crippen LogP contribution in [0.3, 0.4) is 0 Å². The molecule has 0 aromatic rings. The molecular formula is C18H38N2. The standard InChI is InChI=1S/C18H38N2/c1-6-16(5)18(19-7-2)14-20(13-12-15(3)4)17-10-8-9-11-17/h15-19H,6-14H2,1-5H3. The molecule has 0 aromatic heterocycles. The molecule has 2 unspecified atom stereocenters. The molecular weight excluding hydrogens is 244 g/mol. The third-order valence-electron chi connectivity index (χ3n) is 5.06. The topological polar surface area (TPSA) is 15.3 Å². The predicted octanol–water partition coefficient (Wildman–Crippen LogP) is 4.30. The van der Waals surface area contributed by atoms with Crippen LogP contribution in [0.5, 0.6) is 0 Å². The highest BCUT2D eigenvalue weighted by Gasteiger charge is 2.26. The zero-order valence-corrected chi connectivity index (χ0v) is 14.6. The normalized spacial score (nSPS) is 19.9. The lowest BCUT2D eigenvalue weighted by atomic mass is 9.97. The number of nitrogens with zero attached hydrogens (tertiary/aromatic N) is 1. The van der Waals surface area contributed by atoms with Crippen molar-refractivity contribution in [3.05, 3.63) is 0 Å². The summed E-state index contributed by atoms with van der Waals surface area (Å²) in [6, 6.07) is 1.52. The van der Waals surface area contributed by atoms with E-state index in [-0.39, 0.29) is 0 Å². The zero-order chi connectivity index (χ0) is 15.0. The molecule has 120 valence electrons. The van der Waals surface area contributed by atoms with Gasteiger partial charge in [-0.05, 0) is 44.2 Å². The van der Waals surface area contributed by atoms with Crippen LogP contribution in [0.2, 0.25) is 0 Å². The van der Waals surface area contributed by atoms with Crippen molar-refractivity contribution >= 4 is 0 Å². The Labute approximate surface area is 127 Å². The first-order valence-electron chi connectivity index (χ1n) is 9.05. The van der Waals surface area contributed by atoms with Gasteiger partial charge in [0.1, 0.15) is 0 Å². The van der Waals surface area contributed by atoms with Crippen molar-refractivity contribution < 1.29 is 0 Å². The van der Waals surface area contributed by atoms with E-state index in [1.54, 1.807) is 0 Å². The number of hydrogen-bond donors (Lipinski definition) is 1. The maximum Gasteiger partial charge on any atom is 0.0220 e. The SMILES string of the molecule is CCNC(CN(CCC(C)C)C1CCCC1)C(C)CC. The van der Waals surface area contributed by atoms with Crippen LogP contribution in [0.1, 0.15) is 73.1 Å². The molecule has 0 aromatic carbocycles. The molecule has 0 amide bonds. The molecule has 1 aliphatic carbocycles. The summed E-state index contributed by atoms with van der Waals surface area (Å²) < 4.78 is 0. The smallest absolute Gasteiger partial charge is 0.0220 e. The van der Waals surface area contributed by atoms with E-state index in [0.29, 0.717) is 6.04 Å². The molecule has 0 spiro atoms. The molecule has 0 saturated heterocycles. The van der Waals surface area contributed by atoms with Crippen molar-refractivity contribution in [1.82, 2.24) is 10.2 Å². The lowest BCUT2D eigenvalue weighted by molar-refractivity contribution is 0.151. The van der Waals surface area contributed by atoms with Gasteiger partial charge in [0.25, 0.3) is 0 Å². The van der Waals surface area contributed by atoms with Crippen molar-refractivity contribution in [3.63, 3.8) is 0 Å². The van der Waals surface area contributed by atoms with Gasteiger partial charge in [-0.3, -0.25) is 4.90 Å². The van der Waals surface area contributed by atoms with Crippen molar-refractivity contribution in [2.75, 3.05) is 19.6 Å². The van der Waals surface area contributed by atoms with E-state index in [0.717, 1.165) is 24.4 Å². The molecule has 1 aliphatic rings. The largest absolute Gasteiger partial charge is 0.313 e. The van der Waals surface area contributed by atoms with Crippen LogP contribution in [-0.2, 0) is 0 Å². The summed E-state index contributed by atoms with van der Waals surface area (Å²) in [6.45, 7) is 15.3. The van der Waals surface area contributed by atoms with Gasteiger partial charge in [-0.2, -0.15) is 0 Å². The van der Waals surface area contributed by atoms with Gasteiger partial charge in [0.05, 0.1) is 0 Å². The van der Waals surface area contributed by atoms with Crippen LogP contribution in [0, 0.1) is 11.8 Å². The number of nitrogens with one attached hydrogen (secondary N) is 1. The summed E-state index contributed by atoms with van der Waals surface area (Å²) >= 11 is 0. The summed E-state index contributed by atoms with van der Waals surface area (Å²) in [5, 5.41) is 3.73. The maximum absolute atomic E-state index is 3.73. The van der Waals surface area contributed by atoms with Crippen molar-refractivity contribution in [2.45, 2.75) is 85.2 Å². The second kappa shape index (κ2) is 9.78. The first kappa shape index (κ1) is 18.0. The summed E-state index contributed by atoms with van der Waals surface area (Å²) in [4.78, 5) is 2.81. The van der Waals surface area contributed by atoms with E-state index in [9.17, 15) is 0 Å². The molecule has 1 fully saturated rings. The molecule has 0 heterocycles. The Balaban J connectivity index is 2.59. The Hall–Kier alpha value is -0.0800. The average molecular weight is 283 g/mol. The lowest BCUT2D eigenvalue weighted by Gasteiger charge is -2.35. The molecule has 2 atom stereocenters. The molecule has 2 nitrogen and oxygen atoms in total. The maximum atomic E-state index is 3.73. The third-order valence-corrected chi connectivity index (χ3v) is 5.06. The van der Waals surface area contributed by atoms with Crippen molar-refractivity contribution in [1.29, 1.82) is 0 Å². The van der Waals surface area contributed by atoms with E-state index in [1.807, 2.05) is 0 Å². The Morgan fingerprint density at radius 3 is 2.25 bits per heavy atom. The van der Waals surface area contributed by atoms with Gasteiger partial charge < -0.3 is 5.32 Å². The molecule has 1 N–H and O–H groups in total. The molecule has 2 heteroatoms. The molecule has 1 rings (SSSR count). The Morgan fingerprint density at radius 2 is 1.75 bits per heavy atom. The van der Waals surface area contributed by atoms with Gasteiger partial charge in [-0.25, -0.2) is 0 Å². The predicted molar refractivity (Wildman–Crippen MR) is 90.2 cm³/mol. The fourth-order valence-electron chi connectivity index (χ4n) is 3.36. The van der Waals surface area contributed by atoms with Crippen molar-refractivity contribution in [3.8, 4) is 0 Å². The summed E-state index contributed by atoms with van der Waals surface area (Å²) in [5.41, 5.74) is 0. The first-order valence-corrected chi connectivity index (χ1v) is 9.05. The molecule has 0 radical (unpaired) electrons. The van der Waals surface area contributed by atoms with E-state index in [2.05, 4.69) is 44.8 Å². The van der Waals surface area contributed by atoms with E-state index >= 15 is 0 Å². The Morgan fingerprint density at radius 1 is 1.10 bits per heavy atom. The highest BCUT2D eigenvalue weighted by Crippen LogP contribution is 2.25. The first-order chi connectivity index (χ1) is 9.58. The molecule has 0 aliphatic heterocycles. The number of likely N-dealkylation sites (N-methyl/N-ethyl adjacent to an activating group) is 1. The van der Waals surface area contributed by atoms with Gasteiger partial charge >= 0.3 is 0 Å². The second-order valence-electron chi connectivity index (χ2n) is 7.17. The molecule has 1 saturated carbocycles. The van der Waals surface area contributed by atoms with Gasteiger partial charge in [-0.1, -0.05) is 53.9 Å².